The third kappa shape index (κ3) is 4.62. The molecular weight excluding hydrogens is 356 g/mol. The Bertz CT molecular complexity index is 670. The molecule has 0 bridgehead atoms. The minimum absolute atomic E-state index is 0.0904. The van der Waals surface area contributed by atoms with Crippen LogP contribution in [-0.4, -0.2) is 35.8 Å². The Morgan fingerprint density at radius 3 is 2.32 bits per heavy atom. The molecule has 0 radical (unpaired) electrons. The molecule has 1 fully saturated rings. The van der Waals surface area contributed by atoms with E-state index in [1.54, 1.807) is 0 Å². The van der Waals surface area contributed by atoms with E-state index in [1.807, 2.05) is 27.7 Å². The number of amides is 1. The highest BCUT2D eigenvalue weighted by atomic mass is 32.1. The quantitative estimate of drug-likeness (QED) is 0.820. The van der Waals surface area contributed by atoms with Gasteiger partial charge < -0.3 is 14.6 Å². The van der Waals surface area contributed by atoms with Gasteiger partial charge in [-0.1, -0.05) is 0 Å². The van der Waals surface area contributed by atoms with Crippen LogP contribution in [0.4, 0.5) is 13.2 Å². The standard InChI is InChI=1S/C15H20BF3N2O3S/c1-9(22)20-7-10(16-23-13(2,3)14(4,5)24-16)6-12-21-11(8-25-12)15(17,18)19/h6,8H,7H2,1-5H3,(H,20,22). The lowest BCUT2D eigenvalue weighted by Gasteiger charge is -2.32. The van der Waals surface area contributed by atoms with E-state index in [2.05, 4.69) is 10.3 Å². The van der Waals surface area contributed by atoms with E-state index >= 15 is 0 Å². The zero-order valence-electron chi connectivity index (χ0n) is 14.7. The van der Waals surface area contributed by atoms with E-state index in [0.717, 1.165) is 16.7 Å². The summed E-state index contributed by atoms with van der Waals surface area (Å²) >= 11 is 0.866. The Hall–Kier alpha value is -1.39. The van der Waals surface area contributed by atoms with Gasteiger partial charge >= 0.3 is 13.3 Å². The number of alkyl halides is 3. The first kappa shape index (κ1) is 19.9. The van der Waals surface area contributed by atoms with Gasteiger partial charge in [-0.2, -0.15) is 13.2 Å². The fourth-order valence-electron chi connectivity index (χ4n) is 2.07. The number of hydrogen-bond donors (Lipinski definition) is 1. The number of halogens is 3. The minimum Gasteiger partial charge on any atom is -0.400 e. The van der Waals surface area contributed by atoms with Crippen LogP contribution < -0.4 is 5.32 Å². The van der Waals surface area contributed by atoms with E-state index in [9.17, 15) is 18.0 Å². The predicted molar refractivity (Wildman–Crippen MR) is 89.9 cm³/mol. The van der Waals surface area contributed by atoms with Gasteiger partial charge in [0.1, 0.15) is 5.01 Å². The second-order valence-electron chi connectivity index (χ2n) is 6.79. The summed E-state index contributed by atoms with van der Waals surface area (Å²) in [5.74, 6) is -0.266. The molecule has 2 heterocycles. The first-order chi connectivity index (χ1) is 11.3. The van der Waals surface area contributed by atoms with Crippen LogP contribution in [0.2, 0.25) is 0 Å². The van der Waals surface area contributed by atoms with Crippen LogP contribution in [0, 0.1) is 0 Å². The highest BCUT2D eigenvalue weighted by Gasteiger charge is 2.52. The highest BCUT2D eigenvalue weighted by molar-refractivity contribution is 7.10. The lowest BCUT2D eigenvalue weighted by molar-refractivity contribution is -0.140. The molecule has 0 saturated carbocycles. The molecule has 2 rings (SSSR count). The predicted octanol–water partition coefficient (Wildman–Crippen LogP) is 3.31. The monoisotopic (exact) mass is 376 g/mol. The van der Waals surface area contributed by atoms with Gasteiger partial charge in [-0.05, 0) is 39.2 Å². The van der Waals surface area contributed by atoms with Gasteiger partial charge in [0, 0.05) is 18.8 Å². The van der Waals surface area contributed by atoms with E-state index in [-0.39, 0.29) is 17.5 Å². The molecule has 1 aromatic rings. The summed E-state index contributed by atoms with van der Waals surface area (Å²) in [6.07, 6.45) is -3.03. The van der Waals surface area contributed by atoms with Crippen molar-refractivity contribution < 1.29 is 27.3 Å². The number of nitrogens with zero attached hydrogens (tertiary/aromatic N) is 1. The van der Waals surface area contributed by atoms with Crippen LogP contribution in [0.1, 0.15) is 45.3 Å². The van der Waals surface area contributed by atoms with Gasteiger partial charge in [-0.3, -0.25) is 4.79 Å². The van der Waals surface area contributed by atoms with Crippen molar-refractivity contribution in [1.29, 1.82) is 0 Å². The Morgan fingerprint density at radius 1 is 1.32 bits per heavy atom. The van der Waals surface area contributed by atoms with Crippen LogP contribution in [-0.2, 0) is 20.3 Å². The van der Waals surface area contributed by atoms with E-state index in [0.29, 0.717) is 5.47 Å². The first-order valence-corrected chi connectivity index (χ1v) is 8.53. The Kier molecular flexibility index (Phi) is 5.37. The summed E-state index contributed by atoms with van der Waals surface area (Å²) in [7, 11) is -0.782. The van der Waals surface area contributed by atoms with Crippen LogP contribution in [0.15, 0.2) is 10.9 Å². The number of hydrogen-bond acceptors (Lipinski definition) is 5. The molecule has 25 heavy (non-hydrogen) atoms. The molecule has 0 aromatic carbocycles. The van der Waals surface area contributed by atoms with Crippen LogP contribution in [0.5, 0.6) is 0 Å². The Morgan fingerprint density at radius 2 is 1.88 bits per heavy atom. The number of nitrogens with one attached hydrogen (secondary N) is 1. The fraction of sp³-hybridized carbons (Fsp3) is 0.600. The molecule has 1 aliphatic heterocycles. The zero-order valence-corrected chi connectivity index (χ0v) is 15.5. The summed E-state index contributed by atoms with van der Waals surface area (Å²) in [5, 5.41) is 3.74. The molecule has 1 saturated heterocycles. The fourth-order valence-corrected chi connectivity index (χ4v) is 2.86. The molecule has 138 valence electrons. The van der Waals surface area contributed by atoms with Crippen molar-refractivity contribution in [3.05, 3.63) is 21.6 Å². The molecule has 1 aromatic heterocycles. The average molecular weight is 376 g/mol. The molecule has 0 aliphatic carbocycles. The normalized spacial score (nSPS) is 20.0. The Labute approximate surface area is 148 Å². The van der Waals surface area contributed by atoms with Gasteiger partial charge in [0.15, 0.2) is 5.69 Å². The first-order valence-electron chi connectivity index (χ1n) is 7.65. The maximum Gasteiger partial charge on any atom is 0.492 e. The van der Waals surface area contributed by atoms with E-state index < -0.39 is 30.2 Å². The minimum atomic E-state index is -4.50. The number of thiazole rings is 1. The third-order valence-electron chi connectivity index (χ3n) is 4.22. The van der Waals surface area contributed by atoms with Crippen LogP contribution in [0.25, 0.3) is 6.08 Å². The molecule has 0 spiro atoms. The smallest absolute Gasteiger partial charge is 0.400 e. The molecule has 0 atom stereocenters. The van der Waals surface area contributed by atoms with Crippen LogP contribution in [0.3, 0.4) is 0 Å². The van der Waals surface area contributed by atoms with Crippen LogP contribution >= 0.6 is 11.3 Å². The van der Waals surface area contributed by atoms with Crippen molar-refractivity contribution in [1.82, 2.24) is 10.3 Å². The molecule has 1 aliphatic rings. The zero-order chi connectivity index (χ0) is 19.0. The maximum atomic E-state index is 12.7. The van der Waals surface area contributed by atoms with Crippen molar-refractivity contribution in [3.8, 4) is 0 Å². The van der Waals surface area contributed by atoms with Gasteiger partial charge in [-0.25, -0.2) is 4.98 Å². The number of carbonyl (C=O) groups is 1. The van der Waals surface area contributed by atoms with Gasteiger partial charge in [0.05, 0.1) is 11.2 Å². The summed E-state index contributed by atoms with van der Waals surface area (Å²) in [4.78, 5) is 14.8. The SMILES string of the molecule is CC(=O)NCC(=Cc1nc(C(F)(F)F)cs1)B1OC(C)(C)C(C)(C)O1. The van der Waals surface area contributed by atoms with Crippen molar-refractivity contribution in [2.45, 2.75) is 52.0 Å². The largest absolute Gasteiger partial charge is 0.492 e. The number of aromatic nitrogens is 1. The van der Waals surface area contributed by atoms with E-state index in [1.165, 1.54) is 13.0 Å². The van der Waals surface area contributed by atoms with Gasteiger partial charge in [0.2, 0.25) is 5.91 Å². The molecule has 1 amide bonds. The maximum absolute atomic E-state index is 12.7. The topological polar surface area (TPSA) is 60.5 Å². The third-order valence-corrected chi connectivity index (χ3v) is 5.01. The second kappa shape index (κ2) is 6.73. The number of carbonyl (C=O) groups excluding carboxylic acids is 1. The van der Waals surface area contributed by atoms with E-state index in [4.69, 9.17) is 9.31 Å². The summed E-state index contributed by atoms with van der Waals surface area (Å²) in [5.41, 5.74) is -1.66. The van der Waals surface area contributed by atoms with Gasteiger partial charge in [-0.15, -0.1) is 11.3 Å². The van der Waals surface area contributed by atoms with Crippen molar-refractivity contribution >= 4 is 30.4 Å². The highest BCUT2D eigenvalue weighted by Crippen LogP contribution is 2.39. The van der Waals surface area contributed by atoms with Gasteiger partial charge in [0.25, 0.3) is 0 Å². The molecule has 10 heteroatoms. The molecule has 0 unspecified atom stereocenters. The lowest BCUT2D eigenvalue weighted by Crippen LogP contribution is -2.41. The van der Waals surface area contributed by atoms with Crippen molar-refractivity contribution in [2.24, 2.45) is 0 Å². The molecule has 5 nitrogen and oxygen atoms in total. The number of rotatable bonds is 4. The summed E-state index contributed by atoms with van der Waals surface area (Å²) < 4.78 is 50.0. The molecule has 1 N–H and O–H groups in total. The average Bonchev–Trinajstić information content (AvgIpc) is 2.97. The Balaban J connectivity index is 2.30. The second-order valence-corrected chi connectivity index (χ2v) is 7.68. The van der Waals surface area contributed by atoms with Crippen molar-refractivity contribution in [2.75, 3.05) is 6.54 Å². The summed E-state index contributed by atoms with van der Waals surface area (Å²) in [6.45, 7) is 8.92. The summed E-state index contributed by atoms with van der Waals surface area (Å²) in [6, 6.07) is 0. The lowest BCUT2D eigenvalue weighted by atomic mass is 9.77. The molecular formula is C15H20BF3N2O3S. The van der Waals surface area contributed by atoms with Crippen molar-refractivity contribution in [3.63, 3.8) is 0 Å².